The van der Waals surface area contributed by atoms with Crippen molar-refractivity contribution in [2.45, 2.75) is 12.6 Å². The Morgan fingerprint density at radius 3 is 2.87 bits per heavy atom. The van der Waals surface area contributed by atoms with Crippen molar-refractivity contribution in [1.29, 1.82) is 0 Å². The summed E-state index contributed by atoms with van der Waals surface area (Å²) in [5, 5.41) is 9.42. The molecule has 0 fully saturated rings. The number of aliphatic hydroxyl groups excluding tert-OH is 1. The summed E-state index contributed by atoms with van der Waals surface area (Å²) in [4.78, 5) is 4.22. The topological polar surface area (TPSA) is 64.1 Å². The van der Waals surface area contributed by atoms with Crippen LogP contribution in [0.5, 0.6) is 0 Å². The van der Waals surface area contributed by atoms with Crippen molar-refractivity contribution in [3.63, 3.8) is 0 Å². The third-order valence-electron chi connectivity index (χ3n) is 2.21. The van der Waals surface area contributed by atoms with E-state index < -0.39 is 6.10 Å². The van der Waals surface area contributed by atoms with E-state index in [4.69, 9.17) is 5.73 Å². The SMILES string of the molecule is Cl.NCC(O)Cn1cnc2ccccc21. The van der Waals surface area contributed by atoms with Gasteiger partial charge < -0.3 is 15.4 Å². The average molecular weight is 228 g/mol. The van der Waals surface area contributed by atoms with E-state index in [0.29, 0.717) is 6.54 Å². The lowest BCUT2D eigenvalue weighted by molar-refractivity contribution is 0.163. The number of nitrogens with two attached hydrogens (primary N) is 1. The van der Waals surface area contributed by atoms with Crippen LogP contribution in [-0.4, -0.2) is 27.3 Å². The molecule has 0 radical (unpaired) electrons. The second-order valence-electron chi connectivity index (χ2n) is 3.28. The first-order valence-electron chi connectivity index (χ1n) is 4.59. The van der Waals surface area contributed by atoms with Crippen LogP contribution in [0.25, 0.3) is 11.0 Å². The molecule has 82 valence electrons. The Morgan fingerprint density at radius 2 is 2.13 bits per heavy atom. The maximum Gasteiger partial charge on any atom is 0.0959 e. The monoisotopic (exact) mass is 227 g/mol. The molecule has 0 bridgehead atoms. The molecule has 2 aromatic rings. The number of fused-ring (bicyclic) bond motifs is 1. The normalized spacial score (nSPS) is 12.4. The maximum absolute atomic E-state index is 9.42. The zero-order valence-corrected chi connectivity index (χ0v) is 9.02. The number of para-hydroxylation sites is 2. The van der Waals surface area contributed by atoms with Crippen molar-refractivity contribution in [2.75, 3.05) is 6.54 Å². The summed E-state index contributed by atoms with van der Waals surface area (Å²) in [6, 6.07) is 7.82. The average Bonchev–Trinajstić information content (AvgIpc) is 2.62. The summed E-state index contributed by atoms with van der Waals surface area (Å²) in [7, 11) is 0. The van der Waals surface area contributed by atoms with Gasteiger partial charge in [0, 0.05) is 6.54 Å². The van der Waals surface area contributed by atoms with Crippen molar-refractivity contribution >= 4 is 23.4 Å². The highest BCUT2D eigenvalue weighted by molar-refractivity contribution is 5.85. The number of imidazole rings is 1. The van der Waals surface area contributed by atoms with Crippen molar-refractivity contribution in [1.82, 2.24) is 9.55 Å². The van der Waals surface area contributed by atoms with Gasteiger partial charge in [-0.2, -0.15) is 0 Å². The summed E-state index contributed by atoms with van der Waals surface area (Å²) < 4.78 is 1.91. The van der Waals surface area contributed by atoms with Gasteiger partial charge in [-0.1, -0.05) is 12.1 Å². The smallest absolute Gasteiger partial charge is 0.0959 e. The van der Waals surface area contributed by atoms with Gasteiger partial charge in [-0.05, 0) is 12.1 Å². The molecule has 0 spiro atoms. The van der Waals surface area contributed by atoms with E-state index in [9.17, 15) is 5.11 Å². The fraction of sp³-hybridized carbons (Fsp3) is 0.300. The quantitative estimate of drug-likeness (QED) is 0.815. The molecule has 0 aliphatic heterocycles. The lowest BCUT2D eigenvalue weighted by atomic mass is 10.3. The number of hydrogen-bond acceptors (Lipinski definition) is 3. The fourth-order valence-corrected chi connectivity index (χ4v) is 1.46. The molecule has 4 nitrogen and oxygen atoms in total. The Balaban J connectivity index is 0.00000112. The predicted molar refractivity (Wildman–Crippen MR) is 62.0 cm³/mol. The van der Waals surface area contributed by atoms with Gasteiger partial charge in [0.05, 0.1) is 30.0 Å². The molecule has 1 atom stereocenters. The number of hydrogen-bond donors (Lipinski definition) is 2. The van der Waals surface area contributed by atoms with Crippen LogP contribution in [0.4, 0.5) is 0 Å². The second-order valence-corrected chi connectivity index (χ2v) is 3.28. The highest BCUT2D eigenvalue weighted by Gasteiger charge is 2.05. The van der Waals surface area contributed by atoms with E-state index in [1.807, 2.05) is 28.8 Å². The molecular formula is C10H14ClN3O. The highest BCUT2D eigenvalue weighted by atomic mass is 35.5. The minimum Gasteiger partial charge on any atom is -0.390 e. The molecule has 0 saturated carbocycles. The molecule has 2 rings (SSSR count). The number of rotatable bonds is 3. The van der Waals surface area contributed by atoms with E-state index in [-0.39, 0.29) is 19.0 Å². The molecular weight excluding hydrogens is 214 g/mol. The minimum atomic E-state index is -0.507. The van der Waals surface area contributed by atoms with Crippen LogP contribution in [0.2, 0.25) is 0 Å². The van der Waals surface area contributed by atoms with Crippen LogP contribution in [0.3, 0.4) is 0 Å². The Kier molecular flexibility index (Phi) is 4.08. The largest absolute Gasteiger partial charge is 0.390 e. The molecule has 5 heteroatoms. The predicted octanol–water partition coefficient (Wildman–Crippen LogP) is 0.778. The fourth-order valence-electron chi connectivity index (χ4n) is 1.46. The maximum atomic E-state index is 9.42. The number of aromatic nitrogens is 2. The molecule has 3 N–H and O–H groups in total. The number of benzene rings is 1. The highest BCUT2D eigenvalue weighted by Crippen LogP contribution is 2.11. The van der Waals surface area contributed by atoms with Gasteiger partial charge in [-0.25, -0.2) is 4.98 Å². The van der Waals surface area contributed by atoms with E-state index >= 15 is 0 Å². The van der Waals surface area contributed by atoms with Crippen LogP contribution in [0, 0.1) is 0 Å². The molecule has 0 amide bonds. The lowest BCUT2D eigenvalue weighted by Gasteiger charge is -2.08. The first-order chi connectivity index (χ1) is 6.81. The Morgan fingerprint density at radius 1 is 1.40 bits per heavy atom. The Labute approximate surface area is 94.1 Å². The van der Waals surface area contributed by atoms with Crippen molar-refractivity contribution in [3.8, 4) is 0 Å². The van der Waals surface area contributed by atoms with E-state index in [2.05, 4.69) is 4.98 Å². The third kappa shape index (κ3) is 2.47. The number of nitrogens with zero attached hydrogens (tertiary/aromatic N) is 2. The first-order valence-corrected chi connectivity index (χ1v) is 4.59. The van der Waals surface area contributed by atoms with Crippen LogP contribution in [0.15, 0.2) is 30.6 Å². The molecule has 0 aliphatic carbocycles. The lowest BCUT2D eigenvalue weighted by Crippen LogP contribution is -2.24. The van der Waals surface area contributed by atoms with Crippen LogP contribution in [0.1, 0.15) is 0 Å². The standard InChI is InChI=1S/C10H13N3O.ClH/c11-5-8(14)6-13-7-12-9-3-1-2-4-10(9)13;/h1-4,7-8,14H,5-6,11H2;1H. The van der Waals surface area contributed by atoms with Gasteiger partial charge in [0.25, 0.3) is 0 Å². The van der Waals surface area contributed by atoms with Gasteiger partial charge >= 0.3 is 0 Å². The summed E-state index contributed by atoms with van der Waals surface area (Å²) in [5.41, 5.74) is 7.32. The Bertz CT molecular complexity index is 429. The van der Waals surface area contributed by atoms with Gasteiger partial charge in [-0.15, -0.1) is 12.4 Å². The molecule has 1 aromatic heterocycles. The van der Waals surface area contributed by atoms with Crippen LogP contribution in [-0.2, 0) is 6.54 Å². The van der Waals surface area contributed by atoms with E-state index in [1.54, 1.807) is 6.33 Å². The van der Waals surface area contributed by atoms with Gasteiger partial charge in [-0.3, -0.25) is 0 Å². The Hall–Kier alpha value is -1.10. The molecule has 0 saturated heterocycles. The minimum absolute atomic E-state index is 0. The molecule has 15 heavy (non-hydrogen) atoms. The van der Waals surface area contributed by atoms with Crippen molar-refractivity contribution in [3.05, 3.63) is 30.6 Å². The van der Waals surface area contributed by atoms with E-state index in [0.717, 1.165) is 11.0 Å². The van der Waals surface area contributed by atoms with Crippen molar-refractivity contribution in [2.24, 2.45) is 5.73 Å². The molecule has 1 heterocycles. The van der Waals surface area contributed by atoms with Gasteiger partial charge in [0.2, 0.25) is 0 Å². The zero-order chi connectivity index (χ0) is 9.97. The third-order valence-corrected chi connectivity index (χ3v) is 2.21. The van der Waals surface area contributed by atoms with Gasteiger partial charge in [0.1, 0.15) is 0 Å². The summed E-state index contributed by atoms with van der Waals surface area (Å²) in [6.07, 6.45) is 1.22. The summed E-state index contributed by atoms with van der Waals surface area (Å²) in [6.45, 7) is 0.767. The van der Waals surface area contributed by atoms with Crippen LogP contribution < -0.4 is 5.73 Å². The number of aliphatic hydroxyl groups is 1. The second kappa shape index (κ2) is 5.11. The molecule has 0 aliphatic rings. The molecule has 1 unspecified atom stereocenters. The summed E-state index contributed by atoms with van der Waals surface area (Å²) in [5.74, 6) is 0. The summed E-state index contributed by atoms with van der Waals surface area (Å²) >= 11 is 0. The van der Waals surface area contributed by atoms with E-state index in [1.165, 1.54) is 0 Å². The van der Waals surface area contributed by atoms with Gasteiger partial charge in [0.15, 0.2) is 0 Å². The number of halogens is 1. The van der Waals surface area contributed by atoms with Crippen molar-refractivity contribution < 1.29 is 5.11 Å². The zero-order valence-electron chi connectivity index (χ0n) is 8.21. The first kappa shape index (κ1) is 12.0. The van der Waals surface area contributed by atoms with Crippen LogP contribution >= 0.6 is 12.4 Å². The molecule has 1 aromatic carbocycles.